The summed E-state index contributed by atoms with van der Waals surface area (Å²) in [5.74, 6) is -58.3. The molecule has 112 heavy (non-hydrogen) atoms. The Morgan fingerprint density at radius 1 is 0.482 bits per heavy atom. The summed E-state index contributed by atoms with van der Waals surface area (Å²) in [4.78, 5) is 0. The summed E-state index contributed by atoms with van der Waals surface area (Å²) in [6.45, 7) is 42.3. The molecule has 0 saturated carbocycles. The Morgan fingerprint density at radius 3 is 1.35 bits per heavy atom. The fourth-order valence-electron chi connectivity index (χ4n) is 13.8. The van der Waals surface area contributed by atoms with E-state index in [0.717, 1.165) is 22.3 Å². The number of halogens is 17. The lowest BCUT2D eigenvalue weighted by molar-refractivity contribution is -0.461. The monoisotopic (exact) mass is 1660 g/mol. The standard InChI is InChI=1S/C85H121F17O7Si3/c1-23-24-35-61(8)74(105-56-65-45-48-69(104-18)49-46-65)64(11)71(103)50-43-59(6)54-63(10)73(109-111(21,22)76(15,16)17)62(9)44-47-70(107-110(19,20)75(12,13)14)55-72(60(7)36-34-52-106-78(66-37-28-25-29-38-66,67-39-30-26-31-40-67)68-41-32-27-33-42-68)108-112(57(2)3,58(4)5)53-51-77(86,87)79(88,89)80(90,91)81(92,93)82(94,95)83(96,97)84(98,99)85(100,101)102/h23-42,44-49,57-64,70-74,103H,1,43,50-56H2,2-22H3/b35-24+,36-34+,47-44?/t59-,60+,61-,62-,63-,64-,70+,71+,72+,73-,74-/m0/s1. The maximum Gasteiger partial charge on any atom is 0.460 e. The minimum absolute atomic E-state index is 0.0643. The van der Waals surface area contributed by atoms with Crippen molar-refractivity contribution in [3.8, 4) is 5.75 Å². The second-order valence-electron chi connectivity index (χ2n) is 34.1. The zero-order valence-electron chi connectivity index (χ0n) is 68.7. The van der Waals surface area contributed by atoms with E-state index >= 15 is 35.1 Å². The van der Waals surface area contributed by atoms with Crippen molar-refractivity contribution in [3.63, 3.8) is 0 Å². The molecule has 1 N–H and O–H groups in total. The number of methoxy groups -OCH3 is 1. The highest BCUT2D eigenvalue weighted by Crippen LogP contribution is 2.65. The lowest BCUT2D eigenvalue weighted by Crippen LogP contribution is -2.74. The van der Waals surface area contributed by atoms with Gasteiger partial charge in [0.05, 0.1) is 50.8 Å². The van der Waals surface area contributed by atoms with Crippen LogP contribution in [0.5, 0.6) is 5.75 Å². The number of aliphatic hydroxyl groups excluding tert-OH is 1. The molecule has 0 saturated heterocycles. The second-order valence-corrected chi connectivity index (χ2v) is 48.6. The highest BCUT2D eigenvalue weighted by Gasteiger charge is 2.95. The molecular formula is C85H121F17O7Si3. The van der Waals surface area contributed by atoms with Crippen molar-refractivity contribution in [2.24, 2.45) is 35.5 Å². The first-order chi connectivity index (χ1) is 51.2. The lowest BCUT2D eigenvalue weighted by Gasteiger charge is -2.46. The number of ether oxygens (including phenoxy) is 3. The molecule has 11 atom stereocenters. The summed E-state index contributed by atoms with van der Waals surface area (Å²) >= 11 is 0. The highest BCUT2D eigenvalue weighted by molar-refractivity contribution is 6.76. The summed E-state index contributed by atoms with van der Waals surface area (Å²) in [7, 11) is -8.44. The van der Waals surface area contributed by atoms with Crippen LogP contribution >= 0.6 is 0 Å². The molecule has 0 spiro atoms. The zero-order valence-corrected chi connectivity index (χ0v) is 71.7. The average molecular weight is 1660 g/mol. The van der Waals surface area contributed by atoms with E-state index in [2.05, 4.69) is 54.3 Å². The second kappa shape index (κ2) is 39.0. The van der Waals surface area contributed by atoms with Crippen LogP contribution in [0.4, 0.5) is 74.6 Å². The van der Waals surface area contributed by atoms with Crippen LogP contribution < -0.4 is 4.74 Å². The molecule has 0 aliphatic carbocycles. The molecule has 4 aromatic rings. The fraction of sp³-hybridized carbons (Fsp3) is 0.624. The summed E-state index contributed by atoms with van der Waals surface area (Å²) in [5, 5.41) is 11.2. The molecule has 634 valence electrons. The van der Waals surface area contributed by atoms with Gasteiger partial charge in [0.25, 0.3) is 0 Å². The molecule has 0 aliphatic heterocycles. The highest BCUT2D eigenvalue weighted by atomic mass is 28.4. The van der Waals surface area contributed by atoms with Crippen LogP contribution in [0.25, 0.3) is 0 Å². The Balaban J connectivity index is 1.92. The smallest absolute Gasteiger partial charge is 0.460 e. The van der Waals surface area contributed by atoms with Gasteiger partial charge >= 0.3 is 47.6 Å². The van der Waals surface area contributed by atoms with E-state index in [4.69, 9.17) is 27.5 Å². The van der Waals surface area contributed by atoms with Crippen molar-refractivity contribution in [3.05, 3.63) is 187 Å². The normalized spacial score (nSPS) is 17.4. The Morgan fingerprint density at radius 2 is 0.920 bits per heavy atom. The van der Waals surface area contributed by atoms with Crippen molar-refractivity contribution in [2.45, 2.75) is 287 Å². The quantitative estimate of drug-likeness (QED) is 0.0155. The van der Waals surface area contributed by atoms with Crippen molar-refractivity contribution in [2.75, 3.05) is 13.7 Å². The Labute approximate surface area is 657 Å². The third-order valence-electron chi connectivity index (χ3n) is 23.1. The van der Waals surface area contributed by atoms with Crippen LogP contribution in [0.15, 0.2) is 164 Å². The maximum absolute atomic E-state index is 16.4. The molecule has 27 heteroatoms. The number of allylic oxidation sites excluding steroid dienone is 2. The van der Waals surface area contributed by atoms with E-state index in [0.29, 0.717) is 31.6 Å². The molecule has 0 unspecified atom stereocenters. The Kier molecular flexibility index (Phi) is 34.5. The lowest BCUT2D eigenvalue weighted by atomic mass is 9.80. The topological polar surface area (TPSA) is 75.6 Å². The van der Waals surface area contributed by atoms with Crippen LogP contribution in [-0.2, 0) is 35.0 Å². The van der Waals surface area contributed by atoms with Crippen LogP contribution in [0, 0.1) is 35.5 Å². The molecule has 0 heterocycles. The molecule has 0 aromatic heterocycles. The van der Waals surface area contributed by atoms with E-state index in [-0.39, 0.29) is 53.8 Å². The van der Waals surface area contributed by atoms with Crippen LogP contribution in [0.1, 0.15) is 165 Å². The zero-order chi connectivity index (χ0) is 85.7. The van der Waals surface area contributed by atoms with Gasteiger partial charge in [-0.3, -0.25) is 0 Å². The Hall–Kier alpha value is -5.14. The SMILES string of the molecule is C=C/C=C/[C@H](C)[C@H](OCc1ccc(OC)cc1)[C@@H](C)[C@H](O)CC[C@H](C)C[C@H](C)[C@@H](O[Si](C)(C)C(C)(C)C)[C@@H](C)C=C[C@H](C[C@@H](O[Si](CCC(F)(F)C(F)(F)C(F)(F)C(F)(F)C(F)(F)C(F)(F)C(F)(F)C(F)(F)F)(C(C)C)C(C)C)[C@H](C)/C=C/COC(c1ccccc1)(c1ccccc1)c1ccccc1)O[Si](C)(C)C(C)(C)C. The first kappa shape index (κ1) is 99.2. The molecular weight excluding hydrogens is 1540 g/mol. The third-order valence-corrected chi connectivity index (χ3v) is 37.8. The summed E-state index contributed by atoms with van der Waals surface area (Å²) < 4.78 is 292. The van der Waals surface area contributed by atoms with E-state index in [1.54, 1.807) is 32.3 Å². The number of hydrogen-bond donors (Lipinski definition) is 1. The van der Waals surface area contributed by atoms with Crippen molar-refractivity contribution in [1.29, 1.82) is 0 Å². The summed E-state index contributed by atoms with van der Waals surface area (Å²) in [6.07, 6.45) is 0.154. The van der Waals surface area contributed by atoms with Crippen LogP contribution in [0.3, 0.4) is 0 Å². The maximum atomic E-state index is 16.4. The van der Waals surface area contributed by atoms with Gasteiger partial charge in [0, 0.05) is 24.7 Å². The van der Waals surface area contributed by atoms with E-state index in [1.165, 1.54) is 27.7 Å². The van der Waals surface area contributed by atoms with Gasteiger partial charge in [-0.05, 0) is 131 Å². The fourth-order valence-corrected chi connectivity index (χ4v) is 21.3. The van der Waals surface area contributed by atoms with Crippen LogP contribution in [-0.4, -0.2) is 122 Å². The van der Waals surface area contributed by atoms with Crippen molar-refractivity contribution in [1.82, 2.24) is 0 Å². The molecule has 7 nitrogen and oxygen atoms in total. The number of hydrogen-bond acceptors (Lipinski definition) is 7. The third kappa shape index (κ3) is 22.8. The van der Waals surface area contributed by atoms with E-state index < -0.39 is 137 Å². The van der Waals surface area contributed by atoms with Gasteiger partial charge in [-0.2, -0.15) is 74.6 Å². The van der Waals surface area contributed by atoms with Gasteiger partial charge in [0.15, 0.2) is 25.0 Å². The molecule has 4 aromatic carbocycles. The van der Waals surface area contributed by atoms with Gasteiger partial charge in [-0.1, -0.05) is 263 Å². The number of alkyl halides is 17. The van der Waals surface area contributed by atoms with E-state index in [1.807, 2.05) is 194 Å². The van der Waals surface area contributed by atoms with Gasteiger partial charge in [-0.25, -0.2) is 0 Å². The molecule has 4 rings (SSSR count). The predicted octanol–water partition coefficient (Wildman–Crippen LogP) is 26.5. The van der Waals surface area contributed by atoms with Gasteiger partial charge in [0.1, 0.15) is 11.4 Å². The number of benzene rings is 4. The average Bonchev–Trinajstić information content (AvgIpc) is 0.694. The summed E-state index contributed by atoms with van der Waals surface area (Å²) in [6, 6.07) is 34.2. The largest absolute Gasteiger partial charge is 0.497 e. The van der Waals surface area contributed by atoms with Gasteiger partial charge in [-0.15, -0.1) is 0 Å². The molecule has 0 fully saturated rings. The van der Waals surface area contributed by atoms with E-state index in [9.17, 15) is 44.6 Å². The molecule has 0 bridgehead atoms. The van der Waals surface area contributed by atoms with Crippen molar-refractivity contribution >= 4 is 25.0 Å². The summed E-state index contributed by atoms with van der Waals surface area (Å²) in [5.41, 5.74) is -0.0795. The van der Waals surface area contributed by atoms with Crippen molar-refractivity contribution < 1.29 is 107 Å². The minimum atomic E-state index is -8.76. The molecule has 0 amide bonds. The molecule has 0 radical (unpaired) electrons. The number of rotatable bonds is 45. The minimum Gasteiger partial charge on any atom is -0.497 e. The Bertz CT molecular complexity index is 3480. The van der Waals surface area contributed by atoms with Crippen LogP contribution in [0.2, 0.25) is 53.4 Å². The first-order valence-corrected chi connectivity index (χ1v) is 46.4. The number of aliphatic hydroxyl groups is 1. The first-order valence-electron chi connectivity index (χ1n) is 38.3. The molecule has 0 aliphatic rings. The van der Waals surface area contributed by atoms with Gasteiger partial charge < -0.3 is 32.6 Å². The predicted molar refractivity (Wildman–Crippen MR) is 419 cm³/mol. The van der Waals surface area contributed by atoms with Gasteiger partial charge in [0.2, 0.25) is 0 Å².